The van der Waals surface area contributed by atoms with Gasteiger partial charge in [0.2, 0.25) is 0 Å². The molecule has 1 unspecified atom stereocenters. The molecule has 3 atom stereocenters. The first-order valence-electron chi connectivity index (χ1n) is 6.33. The van der Waals surface area contributed by atoms with E-state index in [-0.39, 0.29) is 0 Å². The average molecular weight is 216 g/mol. The zero-order valence-corrected chi connectivity index (χ0v) is 9.68. The van der Waals surface area contributed by atoms with Crippen LogP contribution in [-0.2, 0) is 6.54 Å². The fourth-order valence-corrected chi connectivity index (χ4v) is 3.41. The second kappa shape index (κ2) is 4.19. The van der Waals surface area contributed by atoms with E-state index in [1.54, 1.807) is 0 Å². The van der Waals surface area contributed by atoms with Crippen molar-refractivity contribution in [3.8, 4) is 0 Å². The van der Waals surface area contributed by atoms with Crippen molar-refractivity contribution in [3.63, 3.8) is 0 Å². The number of nitrogens with two attached hydrogens (primary N) is 1. The highest BCUT2D eigenvalue weighted by molar-refractivity contribution is 5.14. The molecule has 0 bridgehead atoms. The summed E-state index contributed by atoms with van der Waals surface area (Å²) in [6.07, 6.45) is 2.49. The van der Waals surface area contributed by atoms with E-state index in [1.807, 2.05) is 0 Å². The summed E-state index contributed by atoms with van der Waals surface area (Å²) in [6, 6.07) is 11.3. The zero-order chi connectivity index (χ0) is 11.0. The molecule has 2 N–H and O–H groups in total. The maximum Gasteiger partial charge on any atom is 0.0233 e. The molecule has 2 fully saturated rings. The molecular weight excluding hydrogens is 196 g/mol. The normalized spacial score (nSPS) is 34.2. The molecule has 1 aliphatic carbocycles. The van der Waals surface area contributed by atoms with E-state index < -0.39 is 0 Å². The third kappa shape index (κ3) is 2.00. The van der Waals surface area contributed by atoms with Crippen LogP contribution in [0.5, 0.6) is 0 Å². The molecule has 16 heavy (non-hydrogen) atoms. The smallest absolute Gasteiger partial charge is 0.0233 e. The Morgan fingerprint density at radius 2 is 1.69 bits per heavy atom. The summed E-state index contributed by atoms with van der Waals surface area (Å²) in [5, 5.41) is 0. The summed E-state index contributed by atoms with van der Waals surface area (Å²) in [4.78, 5) is 2.59. The number of rotatable bonds is 2. The molecule has 1 saturated heterocycles. The molecule has 86 valence electrons. The van der Waals surface area contributed by atoms with Gasteiger partial charge < -0.3 is 5.73 Å². The number of hydrogen-bond acceptors (Lipinski definition) is 2. The third-order valence-corrected chi connectivity index (χ3v) is 4.11. The van der Waals surface area contributed by atoms with Crippen LogP contribution < -0.4 is 5.73 Å². The van der Waals surface area contributed by atoms with Gasteiger partial charge in [-0.05, 0) is 30.2 Å². The summed E-state index contributed by atoms with van der Waals surface area (Å²) in [6.45, 7) is 3.63. The quantitative estimate of drug-likeness (QED) is 0.817. The van der Waals surface area contributed by atoms with E-state index in [1.165, 1.54) is 31.5 Å². The van der Waals surface area contributed by atoms with E-state index in [4.69, 9.17) is 5.73 Å². The van der Waals surface area contributed by atoms with Gasteiger partial charge in [-0.2, -0.15) is 0 Å². The Kier molecular flexibility index (Phi) is 2.70. The highest BCUT2D eigenvalue weighted by atomic mass is 15.2. The second-order valence-electron chi connectivity index (χ2n) is 5.43. The Bertz CT molecular complexity index is 335. The Balaban J connectivity index is 1.60. The standard InChI is InChI=1S/C14H20N2/c15-14-6-12-9-16(10-13(12)7-14)8-11-4-2-1-3-5-11/h1-5,12-14H,6-10,15H2/t12-,13?,14+/m0/s1. The first kappa shape index (κ1) is 10.3. The van der Waals surface area contributed by atoms with Gasteiger partial charge in [0.25, 0.3) is 0 Å². The van der Waals surface area contributed by atoms with Gasteiger partial charge in [0.1, 0.15) is 0 Å². The van der Waals surface area contributed by atoms with Gasteiger partial charge >= 0.3 is 0 Å². The second-order valence-corrected chi connectivity index (χ2v) is 5.43. The van der Waals surface area contributed by atoms with Gasteiger partial charge in [0, 0.05) is 25.7 Å². The molecule has 2 nitrogen and oxygen atoms in total. The van der Waals surface area contributed by atoms with Crippen LogP contribution in [0.4, 0.5) is 0 Å². The van der Waals surface area contributed by atoms with E-state index in [0.29, 0.717) is 6.04 Å². The van der Waals surface area contributed by atoms with Gasteiger partial charge in [0.05, 0.1) is 0 Å². The Labute approximate surface area is 97.4 Å². The predicted octanol–water partition coefficient (Wildman–Crippen LogP) is 1.86. The van der Waals surface area contributed by atoms with Crippen LogP contribution in [0, 0.1) is 11.8 Å². The lowest BCUT2D eigenvalue weighted by atomic mass is 10.0. The number of fused-ring (bicyclic) bond motifs is 1. The van der Waals surface area contributed by atoms with E-state index >= 15 is 0 Å². The van der Waals surface area contributed by atoms with Crippen molar-refractivity contribution in [2.45, 2.75) is 25.4 Å². The molecule has 1 heterocycles. The molecule has 3 rings (SSSR count). The van der Waals surface area contributed by atoms with Crippen molar-refractivity contribution >= 4 is 0 Å². The van der Waals surface area contributed by atoms with E-state index in [9.17, 15) is 0 Å². The molecule has 1 saturated carbocycles. The number of hydrogen-bond donors (Lipinski definition) is 1. The first-order valence-corrected chi connectivity index (χ1v) is 6.33. The van der Waals surface area contributed by atoms with Crippen molar-refractivity contribution in [2.24, 2.45) is 17.6 Å². The highest BCUT2D eigenvalue weighted by Gasteiger charge is 2.39. The molecule has 0 spiro atoms. The van der Waals surface area contributed by atoms with Crippen LogP contribution in [0.3, 0.4) is 0 Å². The maximum absolute atomic E-state index is 6.00. The van der Waals surface area contributed by atoms with Crippen LogP contribution in [0.1, 0.15) is 18.4 Å². The minimum absolute atomic E-state index is 0.480. The van der Waals surface area contributed by atoms with E-state index in [0.717, 1.165) is 18.4 Å². The predicted molar refractivity (Wildman–Crippen MR) is 65.9 cm³/mol. The van der Waals surface area contributed by atoms with Crippen LogP contribution in [0.2, 0.25) is 0 Å². The van der Waals surface area contributed by atoms with Crippen molar-refractivity contribution in [3.05, 3.63) is 35.9 Å². The fourth-order valence-electron chi connectivity index (χ4n) is 3.41. The molecule has 1 aromatic rings. The summed E-state index contributed by atoms with van der Waals surface area (Å²) in [5.41, 5.74) is 7.44. The van der Waals surface area contributed by atoms with Crippen LogP contribution >= 0.6 is 0 Å². The lowest BCUT2D eigenvalue weighted by Gasteiger charge is -2.17. The zero-order valence-electron chi connectivity index (χ0n) is 9.68. The summed E-state index contributed by atoms with van der Waals surface area (Å²) < 4.78 is 0. The average Bonchev–Trinajstić information content (AvgIpc) is 2.76. The van der Waals surface area contributed by atoms with Gasteiger partial charge in [-0.3, -0.25) is 4.90 Å². The third-order valence-electron chi connectivity index (χ3n) is 4.11. The molecule has 1 aliphatic heterocycles. The molecule has 0 radical (unpaired) electrons. The molecule has 2 heteroatoms. The topological polar surface area (TPSA) is 29.3 Å². The molecule has 1 aromatic carbocycles. The van der Waals surface area contributed by atoms with Crippen LogP contribution in [0.25, 0.3) is 0 Å². The number of nitrogens with zero attached hydrogens (tertiary/aromatic N) is 1. The van der Waals surface area contributed by atoms with Gasteiger partial charge in [-0.1, -0.05) is 30.3 Å². The van der Waals surface area contributed by atoms with Gasteiger partial charge in [0.15, 0.2) is 0 Å². The highest BCUT2D eigenvalue weighted by Crippen LogP contribution is 2.37. The first-order chi connectivity index (χ1) is 7.81. The van der Waals surface area contributed by atoms with Crippen molar-refractivity contribution in [1.82, 2.24) is 4.90 Å². The molecule has 2 aliphatic rings. The maximum atomic E-state index is 6.00. The lowest BCUT2D eigenvalue weighted by Crippen LogP contribution is -2.25. The van der Waals surface area contributed by atoms with Crippen molar-refractivity contribution < 1.29 is 0 Å². The summed E-state index contributed by atoms with van der Waals surface area (Å²) >= 11 is 0. The number of likely N-dealkylation sites (tertiary alicyclic amines) is 1. The SMILES string of the molecule is N[C@H]1CC2CN(Cc3ccccc3)C[C@@H]2C1. The lowest BCUT2D eigenvalue weighted by molar-refractivity contribution is 0.299. The Hall–Kier alpha value is -0.860. The van der Waals surface area contributed by atoms with Gasteiger partial charge in [-0.15, -0.1) is 0 Å². The van der Waals surface area contributed by atoms with Crippen LogP contribution in [0.15, 0.2) is 30.3 Å². The molecular formula is C14H20N2. The summed E-state index contributed by atoms with van der Waals surface area (Å²) in [5.74, 6) is 1.75. The Morgan fingerprint density at radius 1 is 1.06 bits per heavy atom. The minimum atomic E-state index is 0.480. The number of benzene rings is 1. The van der Waals surface area contributed by atoms with Crippen molar-refractivity contribution in [2.75, 3.05) is 13.1 Å². The molecule has 0 amide bonds. The molecule has 0 aromatic heterocycles. The summed E-state index contributed by atoms with van der Waals surface area (Å²) in [7, 11) is 0. The van der Waals surface area contributed by atoms with E-state index in [2.05, 4.69) is 35.2 Å². The Morgan fingerprint density at radius 3 is 2.31 bits per heavy atom. The van der Waals surface area contributed by atoms with Gasteiger partial charge in [-0.25, -0.2) is 0 Å². The fraction of sp³-hybridized carbons (Fsp3) is 0.571. The minimum Gasteiger partial charge on any atom is -0.328 e. The van der Waals surface area contributed by atoms with Crippen LogP contribution in [-0.4, -0.2) is 24.0 Å². The largest absolute Gasteiger partial charge is 0.328 e. The monoisotopic (exact) mass is 216 g/mol. The van der Waals surface area contributed by atoms with Crippen molar-refractivity contribution in [1.29, 1.82) is 0 Å².